The number of fused-ring (bicyclic) bond motifs is 3. The minimum atomic E-state index is -0.0411. The quantitative estimate of drug-likeness (QED) is 0.782. The molecule has 0 unspecified atom stereocenters. The minimum absolute atomic E-state index is 0.0346. The molecule has 0 saturated carbocycles. The van der Waals surface area contributed by atoms with Crippen molar-refractivity contribution in [2.24, 2.45) is 5.92 Å². The normalized spacial score (nSPS) is 17.9. The molecule has 0 bridgehead atoms. The van der Waals surface area contributed by atoms with E-state index in [0.717, 1.165) is 55.2 Å². The summed E-state index contributed by atoms with van der Waals surface area (Å²) in [7, 11) is 0. The molecule has 2 aromatic rings. The molecular weight excluding hydrogens is 334 g/mol. The number of aromatic nitrogens is 2. The number of hydrogen-bond donors (Lipinski definition) is 0. The Balaban J connectivity index is 1.64. The highest BCUT2D eigenvalue weighted by Gasteiger charge is 2.30. The Kier molecular flexibility index (Phi) is 4.63. The summed E-state index contributed by atoms with van der Waals surface area (Å²) in [5.74, 6) is 2.02. The first-order valence-electron chi connectivity index (χ1n) is 9.44. The van der Waals surface area contributed by atoms with Crippen molar-refractivity contribution in [1.29, 1.82) is 0 Å². The maximum Gasteiger partial charge on any atom is 0.309 e. The smallest absolute Gasteiger partial charge is 0.309 e. The summed E-state index contributed by atoms with van der Waals surface area (Å²) in [5.41, 5.74) is 1.48. The van der Waals surface area contributed by atoms with Crippen LogP contribution in [0.5, 0.6) is 0 Å². The fourth-order valence-electron chi connectivity index (χ4n) is 3.99. The highest BCUT2D eigenvalue weighted by molar-refractivity contribution is 7.19. The van der Waals surface area contributed by atoms with Crippen molar-refractivity contribution in [3.8, 4) is 0 Å². The third-order valence-corrected chi connectivity index (χ3v) is 6.51. The molecule has 1 fully saturated rings. The van der Waals surface area contributed by atoms with Crippen molar-refractivity contribution < 1.29 is 9.53 Å². The Hall–Kier alpha value is -1.69. The molecule has 0 aromatic carbocycles. The molecule has 3 heterocycles. The van der Waals surface area contributed by atoms with Gasteiger partial charge in [0.1, 0.15) is 16.5 Å². The van der Waals surface area contributed by atoms with Gasteiger partial charge in [0.05, 0.1) is 17.9 Å². The lowest BCUT2D eigenvalue weighted by atomic mass is 9.96. The first-order valence-corrected chi connectivity index (χ1v) is 10.3. The first-order chi connectivity index (χ1) is 12.2. The van der Waals surface area contributed by atoms with Gasteiger partial charge in [-0.2, -0.15) is 0 Å². The van der Waals surface area contributed by atoms with Gasteiger partial charge in [0.15, 0.2) is 0 Å². The van der Waals surface area contributed by atoms with Crippen LogP contribution in [0.1, 0.15) is 49.4 Å². The van der Waals surface area contributed by atoms with Crippen LogP contribution in [0.2, 0.25) is 0 Å². The van der Waals surface area contributed by atoms with Crippen molar-refractivity contribution in [1.82, 2.24) is 9.97 Å². The van der Waals surface area contributed by atoms with Crippen molar-refractivity contribution >= 4 is 33.3 Å². The summed E-state index contributed by atoms with van der Waals surface area (Å²) in [6.45, 7) is 6.17. The van der Waals surface area contributed by atoms with E-state index in [1.165, 1.54) is 28.7 Å². The van der Waals surface area contributed by atoms with Gasteiger partial charge in [0, 0.05) is 24.4 Å². The lowest BCUT2D eigenvalue weighted by molar-refractivity contribution is -0.148. The molecule has 0 amide bonds. The predicted molar refractivity (Wildman–Crippen MR) is 100 cm³/mol. The van der Waals surface area contributed by atoms with Crippen LogP contribution >= 0.6 is 11.3 Å². The Bertz CT molecular complexity index is 794. The number of hydrogen-bond acceptors (Lipinski definition) is 6. The lowest BCUT2D eigenvalue weighted by Gasteiger charge is -2.32. The number of piperidine rings is 1. The van der Waals surface area contributed by atoms with E-state index < -0.39 is 0 Å². The van der Waals surface area contributed by atoms with Crippen molar-refractivity contribution in [2.75, 3.05) is 24.6 Å². The van der Waals surface area contributed by atoms with Gasteiger partial charge in [-0.3, -0.25) is 4.79 Å². The second kappa shape index (κ2) is 6.90. The van der Waals surface area contributed by atoms with Gasteiger partial charge >= 0.3 is 5.97 Å². The van der Waals surface area contributed by atoms with E-state index in [9.17, 15) is 4.79 Å². The standard InChI is InChI=1S/C19H25N3O2S/c1-3-15-20-17(16-13-6-5-7-14(13)25-18(16)21-15)22-10-8-12(9-11-22)19(23)24-4-2/h12H,3-11H2,1-2H3. The third kappa shape index (κ3) is 3.01. The number of anilines is 1. The van der Waals surface area contributed by atoms with E-state index in [0.29, 0.717) is 6.61 Å². The molecule has 0 atom stereocenters. The SMILES string of the molecule is CCOC(=O)C1CCN(c2nc(CC)nc3sc4c(c23)CCC4)CC1. The van der Waals surface area contributed by atoms with E-state index in [4.69, 9.17) is 14.7 Å². The van der Waals surface area contributed by atoms with Crippen LogP contribution in [-0.4, -0.2) is 35.6 Å². The summed E-state index contributed by atoms with van der Waals surface area (Å²) in [4.78, 5) is 26.7. The van der Waals surface area contributed by atoms with Crippen molar-refractivity contribution in [3.63, 3.8) is 0 Å². The molecule has 25 heavy (non-hydrogen) atoms. The second-order valence-electron chi connectivity index (χ2n) is 6.87. The van der Waals surface area contributed by atoms with Gasteiger partial charge in [0.2, 0.25) is 0 Å². The number of esters is 1. The fraction of sp³-hybridized carbons (Fsp3) is 0.632. The molecule has 0 N–H and O–H groups in total. The zero-order chi connectivity index (χ0) is 17.4. The Morgan fingerprint density at radius 1 is 1.24 bits per heavy atom. The largest absolute Gasteiger partial charge is 0.466 e. The molecule has 1 aliphatic carbocycles. The van der Waals surface area contributed by atoms with Gasteiger partial charge in [-0.05, 0) is 44.6 Å². The summed E-state index contributed by atoms with van der Waals surface area (Å²) in [6, 6.07) is 0. The molecule has 1 saturated heterocycles. The molecule has 0 spiro atoms. The Morgan fingerprint density at radius 2 is 2.04 bits per heavy atom. The van der Waals surface area contributed by atoms with Gasteiger partial charge < -0.3 is 9.64 Å². The monoisotopic (exact) mass is 359 g/mol. The molecule has 2 aromatic heterocycles. The van der Waals surface area contributed by atoms with E-state index in [-0.39, 0.29) is 11.9 Å². The predicted octanol–water partition coefficient (Wildman–Crippen LogP) is 3.52. The van der Waals surface area contributed by atoms with Crippen LogP contribution in [0.25, 0.3) is 10.2 Å². The topological polar surface area (TPSA) is 55.3 Å². The molecule has 0 radical (unpaired) electrons. The average Bonchev–Trinajstić information content (AvgIpc) is 3.22. The summed E-state index contributed by atoms with van der Waals surface area (Å²) < 4.78 is 5.20. The molecule has 134 valence electrons. The van der Waals surface area contributed by atoms with Gasteiger partial charge in [0.25, 0.3) is 0 Å². The number of ether oxygens (including phenoxy) is 1. The maximum absolute atomic E-state index is 12.0. The van der Waals surface area contributed by atoms with Crippen LogP contribution in [0.3, 0.4) is 0 Å². The van der Waals surface area contributed by atoms with E-state index >= 15 is 0 Å². The van der Waals surface area contributed by atoms with Crippen LogP contribution in [0, 0.1) is 5.92 Å². The number of carbonyl (C=O) groups is 1. The average molecular weight is 359 g/mol. The molecule has 2 aliphatic rings. The fourth-order valence-corrected chi connectivity index (χ4v) is 5.27. The summed E-state index contributed by atoms with van der Waals surface area (Å²) in [5, 5.41) is 1.28. The first kappa shape index (κ1) is 16.8. The van der Waals surface area contributed by atoms with Gasteiger partial charge in [-0.1, -0.05) is 6.92 Å². The zero-order valence-corrected chi connectivity index (χ0v) is 15.8. The molecule has 6 heteroatoms. The third-order valence-electron chi connectivity index (χ3n) is 5.32. The van der Waals surface area contributed by atoms with Gasteiger partial charge in [-0.15, -0.1) is 11.3 Å². The zero-order valence-electron chi connectivity index (χ0n) is 15.0. The van der Waals surface area contributed by atoms with Crippen LogP contribution in [0.4, 0.5) is 5.82 Å². The van der Waals surface area contributed by atoms with E-state index in [1.54, 1.807) is 0 Å². The highest BCUT2D eigenvalue weighted by atomic mass is 32.1. The summed E-state index contributed by atoms with van der Waals surface area (Å²) >= 11 is 1.85. The number of nitrogens with zero attached hydrogens (tertiary/aromatic N) is 3. The number of rotatable bonds is 4. The van der Waals surface area contributed by atoms with Crippen LogP contribution in [0.15, 0.2) is 0 Å². The van der Waals surface area contributed by atoms with Crippen molar-refractivity contribution in [2.45, 2.75) is 52.4 Å². The molecule has 1 aliphatic heterocycles. The van der Waals surface area contributed by atoms with E-state index in [1.807, 2.05) is 18.3 Å². The van der Waals surface area contributed by atoms with Crippen LogP contribution < -0.4 is 4.90 Å². The Labute approximate surface area is 152 Å². The maximum atomic E-state index is 12.0. The number of aryl methyl sites for hydroxylation is 3. The van der Waals surface area contributed by atoms with Crippen molar-refractivity contribution in [3.05, 3.63) is 16.3 Å². The molecule has 5 nitrogen and oxygen atoms in total. The second-order valence-corrected chi connectivity index (χ2v) is 7.95. The number of carbonyl (C=O) groups excluding carboxylic acids is 1. The van der Waals surface area contributed by atoms with Crippen LogP contribution in [-0.2, 0) is 28.8 Å². The highest BCUT2D eigenvalue weighted by Crippen LogP contribution is 2.41. The molecular formula is C19H25N3O2S. The Morgan fingerprint density at radius 3 is 2.76 bits per heavy atom. The van der Waals surface area contributed by atoms with Gasteiger partial charge in [-0.25, -0.2) is 9.97 Å². The molecule has 4 rings (SSSR count). The summed E-state index contributed by atoms with van der Waals surface area (Å²) in [6.07, 6.45) is 6.12. The van der Waals surface area contributed by atoms with E-state index in [2.05, 4.69) is 11.8 Å². The number of thiophene rings is 1. The minimum Gasteiger partial charge on any atom is -0.466 e. The lowest BCUT2D eigenvalue weighted by Crippen LogP contribution is -2.37.